The van der Waals surface area contributed by atoms with Crippen molar-refractivity contribution in [2.45, 2.75) is 37.6 Å². The highest BCUT2D eigenvalue weighted by Crippen LogP contribution is 2.61. The summed E-state index contributed by atoms with van der Waals surface area (Å²) in [5, 5.41) is 22.9. The second-order valence-corrected chi connectivity index (χ2v) is 7.29. The van der Waals surface area contributed by atoms with Crippen LogP contribution >= 0.6 is 0 Å². The summed E-state index contributed by atoms with van der Waals surface area (Å²) in [7, 11) is 0. The summed E-state index contributed by atoms with van der Waals surface area (Å²) in [6.45, 7) is 3.40. The van der Waals surface area contributed by atoms with Crippen LogP contribution in [0.2, 0.25) is 0 Å². The molecule has 3 heterocycles. The molecule has 26 heavy (non-hydrogen) atoms. The standard InChI is InChI=1S/C17H15N5O4/c1-16-6-11(23)17(2,26-16)13-12(16)14(24)22(15(13)25)9-4-3-8(7-18)10(5-9)20-21-19/h3-5,11-13,23H,6H2,1-2H3/t11-,12+,13-,16-,17?/m1/s1. The molecule has 3 saturated heterocycles. The van der Waals surface area contributed by atoms with Crippen LogP contribution in [0.5, 0.6) is 0 Å². The van der Waals surface area contributed by atoms with Crippen LogP contribution < -0.4 is 4.90 Å². The zero-order chi connectivity index (χ0) is 18.9. The van der Waals surface area contributed by atoms with Crippen molar-refractivity contribution in [3.05, 3.63) is 34.2 Å². The van der Waals surface area contributed by atoms with Crippen molar-refractivity contribution >= 4 is 23.2 Å². The Labute approximate surface area is 148 Å². The second kappa shape index (κ2) is 5.05. The van der Waals surface area contributed by atoms with Crippen LogP contribution in [-0.4, -0.2) is 34.2 Å². The number of ether oxygens (including phenoxy) is 1. The Bertz CT molecular complexity index is 949. The lowest BCUT2D eigenvalue weighted by Crippen LogP contribution is -2.49. The van der Waals surface area contributed by atoms with Gasteiger partial charge in [0.05, 0.1) is 46.5 Å². The maximum absolute atomic E-state index is 13.0. The van der Waals surface area contributed by atoms with E-state index in [0.29, 0.717) is 0 Å². The number of imide groups is 1. The number of hydrogen-bond acceptors (Lipinski definition) is 6. The van der Waals surface area contributed by atoms with Crippen molar-refractivity contribution in [3.8, 4) is 6.07 Å². The van der Waals surface area contributed by atoms with Gasteiger partial charge in [0, 0.05) is 11.3 Å². The average molecular weight is 353 g/mol. The van der Waals surface area contributed by atoms with E-state index in [1.165, 1.54) is 18.2 Å². The molecule has 1 unspecified atom stereocenters. The van der Waals surface area contributed by atoms with Crippen molar-refractivity contribution in [3.63, 3.8) is 0 Å². The summed E-state index contributed by atoms with van der Waals surface area (Å²) in [5.41, 5.74) is 7.07. The van der Waals surface area contributed by atoms with Crippen molar-refractivity contribution in [1.82, 2.24) is 0 Å². The highest BCUT2D eigenvalue weighted by molar-refractivity contribution is 6.23. The van der Waals surface area contributed by atoms with Crippen LogP contribution in [0, 0.1) is 23.2 Å². The smallest absolute Gasteiger partial charge is 0.240 e. The molecule has 5 atom stereocenters. The molecule has 3 fully saturated rings. The molecule has 1 aromatic carbocycles. The largest absolute Gasteiger partial charge is 0.390 e. The number of azide groups is 1. The minimum absolute atomic E-state index is 0.0434. The predicted molar refractivity (Wildman–Crippen MR) is 88.0 cm³/mol. The third-order valence-electron chi connectivity index (χ3n) is 5.81. The number of amides is 2. The van der Waals surface area contributed by atoms with Crippen LogP contribution in [0.4, 0.5) is 11.4 Å². The number of aliphatic hydroxyl groups is 1. The average Bonchev–Trinajstić information content (AvgIpc) is 3.09. The van der Waals surface area contributed by atoms with E-state index in [-0.39, 0.29) is 23.4 Å². The van der Waals surface area contributed by atoms with Gasteiger partial charge in [-0.3, -0.25) is 9.59 Å². The van der Waals surface area contributed by atoms with E-state index in [4.69, 9.17) is 15.5 Å². The molecule has 4 rings (SSSR count). The predicted octanol–water partition coefficient (Wildman–Crippen LogP) is 1.92. The van der Waals surface area contributed by atoms with Crippen LogP contribution in [0.1, 0.15) is 25.8 Å². The van der Waals surface area contributed by atoms with Gasteiger partial charge in [-0.2, -0.15) is 5.26 Å². The lowest BCUT2D eigenvalue weighted by atomic mass is 9.67. The highest BCUT2D eigenvalue weighted by Gasteiger charge is 2.75. The van der Waals surface area contributed by atoms with Gasteiger partial charge in [-0.1, -0.05) is 5.11 Å². The number of carbonyl (C=O) groups is 2. The SMILES string of the molecule is CC12O[C@](C)(C[C@H]1O)[C@@H]1C(=O)N(c3ccc(C#N)c(N=[N+]=[N-])c3)C(=O)[C@@H]12. The molecule has 1 aromatic rings. The van der Waals surface area contributed by atoms with Crippen molar-refractivity contribution < 1.29 is 19.4 Å². The fraction of sp³-hybridized carbons (Fsp3) is 0.471. The zero-order valence-corrected chi connectivity index (χ0v) is 14.1. The summed E-state index contributed by atoms with van der Waals surface area (Å²) in [4.78, 5) is 29.8. The highest BCUT2D eigenvalue weighted by atomic mass is 16.6. The molecule has 1 N–H and O–H groups in total. The van der Waals surface area contributed by atoms with Crippen LogP contribution in [0.25, 0.3) is 10.4 Å². The molecule has 2 bridgehead atoms. The van der Waals surface area contributed by atoms with Gasteiger partial charge < -0.3 is 9.84 Å². The number of nitrogens with zero attached hydrogens (tertiary/aromatic N) is 5. The molecule has 0 aromatic heterocycles. The summed E-state index contributed by atoms with van der Waals surface area (Å²) in [5.74, 6) is -2.32. The molecular weight excluding hydrogens is 338 g/mol. The van der Waals surface area contributed by atoms with Gasteiger partial charge in [0.25, 0.3) is 0 Å². The normalized spacial score (nSPS) is 37.5. The molecule has 0 spiro atoms. The number of aliphatic hydroxyl groups excluding tert-OH is 1. The quantitative estimate of drug-likeness (QED) is 0.374. The Morgan fingerprint density at radius 3 is 2.73 bits per heavy atom. The Balaban J connectivity index is 1.81. The maximum Gasteiger partial charge on any atom is 0.240 e. The number of benzene rings is 1. The van der Waals surface area contributed by atoms with Gasteiger partial charge in [0.2, 0.25) is 11.8 Å². The molecule has 132 valence electrons. The number of anilines is 1. The van der Waals surface area contributed by atoms with Crippen LogP contribution in [-0.2, 0) is 14.3 Å². The fourth-order valence-corrected chi connectivity index (χ4v) is 4.66. The van der Waals surface area contributed by atoms with Crippen molar-refractivity contribution in [1.29, 1.82) is 5.26 Å². The van der Waals surface area contributed by atoms with Crippen molar-refractivity contribution in [2.24, 2.45) is 17.0 Å². The maximum atomic E-state index is 13.0. The summed E-state index contributed by atoms with van der Waals surface area (Å²) < 4.78 is 5.92. The summed E-state index contributed by atoms with van der Waals surface area (Å²) in [6.07, 6.45) is -0.542. The Kier molecular flexibility index (Phi) is 3.21. The van der Waals surface area contributed by atoms with E-state index < -0.39 is 41.0 Å². The fourth-order valence-electron chi connectivity index (χ4n) is 4.66. The van der Waals surface area contributed by atoms with Gasteiger partial charge in [0.1, 0.15) is 5.60 Å². The molecular formula is C17H15N5O4. The zero-order valence-electron chi connectivity index (χ0n) is 14.1. The van der Waals surface area contributed by atoms with Gasteiger partial charge >= 0.3 is 0 Å². The third kappa shape index (κ3) is 1.83. The summed E-state index contributed by atoms with van der Waals surface area (Å²) in [6, 6.07) is 6.11. The second-order valence-electron chi connectivity index (χ2n) is 7.29. The van der Waals surface area contributed by atoms with Gasteiger partial charge in [0.15, 0.2) is 0 Å². The molecule has 0 aliphatic carbocycles. The van der Waals surface area contributed by atoms with Gasteiger partial charge in [-0.15, -0.1) is 0 Å². The van der Waals surface area contributed by atoms with E-state index in [1.807, 2.05) is 6.07 Å². The first-order chi connectivity index (χ1) is 12.3. The van der Waals surface area contributed by atoms with E-state index >= 15 is 0 Å². The molecule has 3 aliphatic heterocycles. The van der Waals surface area contributed by atoms with Crippen LogP contribution in [0.3, 0.4) is 0 Å². The van der Waals surface area contributed by atoms with E-state index in [0.717, 1.165) is 4.90 Å². The Morgan fingerprint density at radius 2 is 2.08 bits per heavy atom. The van der Waals surface area contributed by atoms with E-state index in [2.05, 4.69) is 10.0 Å². The number of carbonyl (C=O) groups excluding carboxylic acids is 2. The summed E-state index contributed by atoms with van der Waals surface area (Å²) >= 11 is 0. The first-order valence-corrected chi connectivity index (χ1v) is 8.12. The Morgan fingerprint density at radius 1 is 1.38 bits per heavy atom. The molecule has 3 aliphatic rings. The van der Waals surface area contributed by atoms with E-state index in [9.17, 15) is 14.7 Å². The monoisotopic (exact) mass is 353 g/mol. The molecule has 0 saturated carbocycles. The minimum Gasteiger partial charge on any atom is -0.390 e. The lowest BCUT2D eigenvalue weighted by Gasteiger charge is -2.31. The number of fused-ring (bicyclic) bond motifs is 5. The first kappa shape index (κ1) is 16.5. The number of rotatable bonds is 2. The number of hydrogen-bond donors (Lipinski definition) is 1. The first-order valence-electron chi connectivity index (χ1n) is 8.12. The number of nitriles is 1. The van der Waals surface area contributed by atoms with E-state index in [1.54, 1.807) is 13.8 Å². The Hall–Kier alpha value is -2.92. The molecule has 0 radical (unpaired) electrons. The van der Waals surface area contributed by atoms with Crippen LogP contribution in [0.15, 0.2) is 23.3 Å². The topological polar surface area (TPSA) is 139 Å². The lowest BCUT2D eigenvalue weighted by molar-refractivity contribution is -0.132. The van der Waals surface area contributed by atoms with Crippen molar-refractivity contribution in [2.75, 3.05) is 4.90 Å². The minimum atomic E-state index is -1.11. The molecule has 9 heteroatoms. The third-order valence-corrected chi connectivity index (χ3v) is 5.81. The van der Waals surface area contributed by atoms with Gasteiger partial charge in [-0.25, -0.2) is 4.90 Å². The molecule has 2 amide bonds. The molecule has 9 nitrogen and oxygen atoms in total. The van der Waals surface area contributed by atoms with Gasteiger partial charge in [-0.05, 0) is 37.6 Å².